The van der Waals surface area contributed by atoms with Crippen LogP contribution in [0.2, 0.25) is 0 Å². The molecule has 5 heteroatoms. The average molecular weight is 292 g/mol. The van der Waals surface area contributed by atoms with E-state index >= 15 is 0 Å². The second-order valence-corrected chi connectivity index (χ2v) is 6.29. The van der Waals surface area contributed by atoms with Gasteiger partial charge in [0.25, 0.3) is 0 Å². The van der Waals surface area contributed by atoms with Crippen molar-refractivity contribution < 1.29 is 9.90 Å². The molecule has 2 rings (SSSR count). The number of rotatable bonds is 4. The molecule has 1 aliphatic rings. The maximum absolute atomic E-state index is 12.3. The summed E-state index contributed by atoms with van der Waals surface area (Å²) in [7, 11) is 0. The van der Waals surface area contributed by atoms with Crippen molar-refractivity contribution in [3.05, 3.63) is 27.4 Å². The van der Waals surface area contributed by atoms with E-state index in [-0.39, 0.29) is 18.2 Å². The molecule has 3 atom stereocenters. The molecule has 1 aromatic heterocycles. The Morgan fingerprint density at radius 1 is 1.33 bits per heavy atom. The normalized spacial score (nSPS) is 25.2. The third-order valence-corrected chi connectivity index (χ3v) is 5.05. The van der Waals surface area contributed by atoms with E-state index < -0.39 is 5.97 Å². The molecule has 0 spiro atoms. The third-order valence-electron chi connectivity index (χ3n) is 5.05. The van der Waals surface area contributed by atoms with E-state index in [1.807, 2.05) is 6.92 Å². The van der Waals surface area contributed by atoms with Crippen LogP contribution in [0.4, 0.5) is 0 Å². The molecule has 1 saturated carbocycles. The summed E-state index contributed by atoms with van der Waals surface area (Å²) in [5.41, 5.74) is 2.26. The summed E-state index contributed by atoms with van der Waals surface area (Å²) in [4.78, 5) is 27.3. The SMILES string of the molecule is Cc1nc(=O)n(C2CCC(C)C2C)c(C)c1CCC(=O)O. The first-order valence-corrected chi connectivity index (χ1v) is 7.63. The Labute approximate surface area is 125 Å². The van der Waals surface area contributed by atoms with Crippen molar-refractivity contribution >= 4 is 5.97 Å². The van der Waals surface area contributed by atoms with E-state index in [0.717, 1.165) is 24.1 Å². The summed E-state index contributed by atoms with van der Waals surface area (Å²) in [5, 5.41) is 8.88. The van der Waals surface area contributed by atoms with E-state index in [1.54, 1.807) is 11.5 Å². The fourth-order valence-electron chi connectivity index (χ4n) is 3.50. The molecule has 3 unspecified atom stereocenters. The minimum Gasteiger partial charge on any atom is -0.481 e. The zero-order valence-electron chi connectivity index (χ0n) is 13.2. The number of carboxylic acid groups (broad SMARTS) is 1. The van der Waals surface area contributed by atoms with Gasteiger partial charge in [0, 0.05) is 23.9 Å². The van der Waals surface area contributed by atoms with Crippen LogP contribution in [0.25, 0.3) is 0 Å². The predicted octanol–water partition coefficient (Wildman–Crippen LogP) is 2.48. The number of aryl methyl sites for hydroxylation is 1. The van der Waals surface area contributed by atoms with Gasteiger partial charge in [-0.15, -0.1) is 0 Å². The lowest BCUT2D eigenvalue weighted by atomic mass is 9.97. The van der Waals surface area contributed by atoms with Gasteiger partial charge >= 0.3 is 11.7 Å². The van der Waals surface area contributed by atoms with Gasteiger partial charge in [0.1, 0.15) is 0 Å². The Kier molecular flexibility index (Phi) is 4.49. The van der Waals surface area contributed by atoms with Gasteiger partial charge in [-0.1, -0.05) is 13.8 Å². The standard InChI is InChI=1S/C16H24N2O3/c1-9-5-7-14(10(9)2)18-12(4)13(6-8-15(19)20)11(3)17-16(18)21/h9-10,14H,5-8H2,1-4H3,(H,19,20). The number of aliphatic carboxylic acids is 1. The van der Waals surface area contributed by atoms with E-state index in [9.17, 15) is 9.59 Å². The van der Waals surface area contributed by atoms with Gasteiger partial charge in [-0.05, 0) is 50.5 Å². The molecular formula is C16H24N2O3. The highest BCUT2D eigenvalue weighted by atomic mass is 16.4. The van der Waals surface area contributed by atoms with Crippen molar-refractivity contribution in [3.63, 3.8) is 0 Å². The Bertz CT molecular complexity index is 606. The second kappa shape index (κ2) is 6.00. The fraction of sp³-hybridized carbons (Fsp3) is 0.688. The lowest BCUT2D eigenvalue weighted by molar-refractivity contribution is -0.136. The number of nitrogens with zero attached hydrogens (tertiary/aromatic N) is 2. The van der Waals surface area contributed by atoms with Gasteiger partial charge in [-0.2, -0.15) is 4.98 Å². The molecule has 0 aliphatic heterocycles. The van der Waals surface area contributed by atoms with Crippen LogP contribution in [0.5, 0.6) is 0 Å². The van der Waals surface area contributed by atoms with Gasteiger partial charge in [0.2, 0.25) is 0 Å². The third kappa shape index (κ3) is 3.01. The monoisotopic (exact) mass is 292 g/mol. The van der Waals surface area contributed by atoms with Crippen LogP contribution >= 0.6 is 0 Å². The molecule has 0 saturated heterocycles. The van der Waals surface area contributed by atoms with Crippen LogP contribution in [0.3, 0.4) is 0 Å². The van der Waals surface area contributed by atoms with Crippen molar-refractivity contribution in [1.29, 1.82) is 0 Å². The zero-order chi connectivity index (χ0) is 15.7. The summed E-state index contributed by atoms with van der Waals surface area (Å²) in [6, 6.07) is 0.184. The number of carbonyl (C=O) groups is 1. The number of aromatic nitrogens is 2. The molecule has 0 radical (unpaired) electrons. The Balaban J connectivity index is 2.44. The highest BCUT2D eigenvalue weighted by Crippen LogP contribution is 2.39. The fourth-order valence-corrected chi connectivity index (χ4v) is 3.50. The molecule has 0 aromatic carbocycles. The zero-order valence-corrected chi connectivity index (χ0v) is 13.2. The maximum atomic E-state index is 12.3. The summed E-state index contributed by atoms with van der Waals surface area (Å²) in [5.74, 6) is 0.220. The Morgan fingerprint density at radius 2 is 2.00 bits per heavy atom. The predicted molar refractivity (Wildman–Crippen MR) is 80.5 cm³/mol. The van der Waals surface area contributed by atoms with Crippen molar-refractivity contribution in [1.82, 2.24) is 9.55 Å². The molecule has 5 nitrogen and oxygen atoms in total. The first-order valence-electron chi connectivity index (χ1n) is 7.63. The topological polar surface area (TPSA) is 72.2 Å². The van der Waals surface area contributed by atoms with Crippen molar-refractivity contribution in [3.8, 4) is 0 Å². The molecule has 116 valence electrons. The van der Waals surface area contributed by atoms with Gasteiger partial charge in [-0.25, -0.2) is 4.79 Å². The Hall–Kier alpha value is -1.65. The van der Waals surface area contributed by atoms with E-state index in [4.69, 9.17) is 5.11 Å². The van der Waals surface area contributed by atoms with Gasteiger partial charge in [0.15, 0.2) is 0 Å². The highest BCUT2D eigenvalue weighted by Gasteiger charge is 2.33. The van der Waals surface area contributed by atoms with E-state index in [0.29, 0.717) is 24.0 Å². The van der Waals surface area contributed by atoms with Gasteiger partial charge in [-0.3, -0.25) is 9.36 Å². The van der Waals surface area contributed by atoms with Crippen molar-refractivity contribution in [2.75, 3.05) is 0 Å². The first kappa shape index (κ1) is 15.7. The lowest BCUT2D eigenvalue weighted by Crippen LogP contribution is -2.33. The molecule has 0 bridgehead atoms. The van der Waals surface area contributed by atoms with Gasteiger partial charge in [0.05, 0.1) is 0 Å². The molecule has 1 heterocycles. The smallest absolute Gasteiger partial charge is 0.348 e. The van der Waals surface area contributed by atoms with Crippen LogP contribution in [-0.4, -0.2) is 20.6 Å². The minimum absolute atomic E-state index is 0.0676. The second-order valence-electron chi connectivity index (χ2n) is 6.29. The summed E-state index contributed by atoms with van der Waals surface area (Å²) in [6.07, 6.45) is 2.61. The summed E-state index contributed by atoms with van der Waals surface area (Å²) in [6.45, 7) is 8.11. The van der Waals surface area contributed by atoms with Crippen LogP contribution in [-0.2, 0) is 11.2 Å². The number of hydrogen-bond acceptors (Lipinski definition) is 3. The summed E-state index contributed by atoms with van der Waals surface area (Å²) < 4.78 is 1.80. The molecule has 21 heavy (non-hydrogen) atoms. The molecule has 0 amide bonds. The molecule has 1 aliphatic carbocycles. The van der Waals surface area contributed by atoms with Crippen molar-refractivity contribution in [2.24, 2.45) is 11.8 Å². The highest BCUT2D eigenvalue weighted by molar-refractivity contribution is 5.67. The minimum atomic E-state index is -0.825. The molecule has 1 N–H and O–H groups in total. The quantitative estimate of drug-likeness (QED) is 0.925. The van der Waals surface area contributed by atoms with Crippen molar-refractivity contribution in [2.45, 2.75) is 59.4 Å². The van der Waals surface area contributed by atoms with Crippen LogP contribution in [0, 0.1) is 25.7 Å². The molecule has 1 fully saturated rings. The molecule has 1 aromatic rings. The van der Waals surface area contributed by atoms with E-state index in [1.165, 1.54) is 0 Å². The number of carboxylic acids is 1. The van der Waals surface area contributed by atoms with Crippen LogP contribution < -0.4 is 5.69 Å². The number of hydrogen-bond donors (Lipinski definition) is 1. The average Bonchev–Trinajstić information content (AvgIpc) is 2.70. The molecular weight excluding hydrogens is 268 g/mol. The largest absolute Gasteiger partial charge is 0.481 e. The summed E-state index contributed by atoms with van der Waals surface area (Å²) >= 11 is 0. The van der Waals surface area contributed by atoms with E-state index in [2.05, 4.69) is 18.8 Å². The van der Waals surface area contributed by atoms with Crippen LogP contribution in [0.15, 0.2) is 4.79 Å². The van der Waals surface area contributed by atoms with Gasteiger partial charge < -0.3 is 5.11 Å². The van der Waals surface area contributed by atoms with Crippen LogP contribution in [0.1, 0.15) is 56.1 Å². The maximum Gasteiger partial charge on any atom is 0.348 e. The lowest BCUT2D eigenvalue weighted by Gasteiger charge is -2.24. The Morgan fingerprint density at radius 3 is 2.52 bits per heavy atom. The first-order chi connectivity index (χ1) is 9.82.